The molecule has 0 unspecified atom stereocenters. The summed E-state index contributed by atoms with van der Waals surface area (Å²) in [6.45, 7) is 6.64. The van der Waals surface area contributed by atoms with Gasteiger partial charge in [0.1, 0.15) is 0 Å². The zero-order chi connectivity index (χ0) is 30.8. The lowest BCUT2D eigenvalue weighted by Gasteiger charge is -2.30. The van der Waals surface area contributed by atoms with Gasteiger partial charge in [0.25, 0.3) is 17.1 Å². The Morgan fingerprint density at radius 2 is 1.91 bits per heavy atom. The topological polar surface area (TPSA) is 130 Å². The molecule has 2 aliphatic rings. The molecule has 43 heavy (non-hydrogen) atoms. The van der Waals surface area contributed by atoms with Gasteiger partial charge in [-0.05, 0) is 73.9 Å². The van der Waals surface area contributed by atoms with Crippen LogP contribution < -0.4 is 10.6 Å². The van der Waals surface area contributed by atoms with Gasteiger partial charge < -0.3 is 15.5 Å². The smallest absolute Gasteiger partial charge is 0.317 e. The first-order chi connectivity index (χ1) is 20.5. The molecule has 5 rings (SSSR count). The summed E-state index contributed by atoms with van der Waals surface area (Å²) in [4.78, 5) is 54.0. The van der Waals surface area contributed by atoms with E-state index >= 15 is 0 Å². The Morgan fingerprint density at radius 1 is 1.14 bits per heavy atom. The highest BCUT2D eigenvalue weighted by Gasteiger charge is 2.35. The Bertz CT molecular complexity index is 1660. The van der Waals surface area contributed by atoms with Crippen molar-refractivity contribution in [1.82, 2.24) is 35.4 Å². The number of carbonyl (C=O) groups excluding carboxylic acids is 4. The Balaban J connectivity index is 1.23. The molecule has 14 heteroatoms. The second kappa shape index (κ2) is 12.8. The monoisotopic (exact) mass is 641 g/mol. The van der Waals surface area contributed by atoms with Gasteiger partial charge in [0.2, 0.25) is 0 Å². The van der Waals surface area contributed by atoms with Crippen LogP contribution in [0.1, 0.15) is 46.7 Å². The number of carbonyl (C=O) groups is 4. The first-order valence-electron chi connectivity index (χ1n) is 13.6. The summed E-state index contributed by atoms with van der Waals surface area (Å²) in [6.07, 6.45) is 2.16. The second-order valence-corrected chi connectivity index (χ2v) is 12.1. The van der Waals surface area contributed by atoms with Crippen LogP contribution in [0, 0.1) is 6.92 Å². The van der Waals surface area contributed by atoms with Crippen molar-refractivity contribution < 1.29 is 19.2 Å². The van der Waals surface area contributed by atoms with E-state index in [9.17, 15) is 19.2 Å². The maximum atomic E-state index is 13.0. The van der Waals surface area contributed by atoms with E-state index in [1.165, 1.54) is 6.08 Å². The third kappa shape index (κ3) is 6.41. The van der Waals surface area contributed by atoms with Gasteiger partial charge in [-0.15, -0.1) is 5.10 Å². The van der Waals surface area contributed by atoms with E-state index in [-0.39, 0.29) is 35.8 Å². The molecule has 0 radical (unpaired) electrons. The number of hydrogen-bond donors (Lipinski definition) is 2. The summed E-state index contributed by atoms with van der Waals surface area (Å²) in [5.74, 6) is -0.949. The summed E-state index contributed by atoms with van der Waals surface area (Å²) >= 11 is 13.1. The summed E-state index contributed by atoms with van der Waals surface area (Å²) in [5, 5.41) is 14.2. The van der Waals surface area contributed by atoms with E-state index < -0.39 is 17.1 Å². The molecular formula is C29H29Cl2N7O4S. The van der Waals surface area contributed by atoms with E-state index in [1.807, 2.05) is 32.0 Å². The lowest BCUT2D eigenvalue weighted by molar-refractivity contribution is -0.122. The minimum Gasteiger partial charge on any atom is -0.349 e. The fourth-order valence-electron chi connectivity index (χ4n) is 4.90. The van der Waals surface area contributed by atoms with Crippen LogP contribution in [0.4, 0.5) is 9.59 Å². The SMILES string of the molecule is Cc1c(C(=O)NCCN2C(=O)S/C(=C/c3cccc(Cl)c3Cl)C2=O)nnn1-c1cccc2c1CCN(C(=O)NC(C)C)C2. The Morgan fingerprint density at radius 3 is 2.67 bits per heavy atom. The fourth-order valence-corrected chi connectivity index (χ4v) is 6.12. The molecule has 224 valence electrons. The maximum absolute atomic E-state index is 13.0. The lowest BCUT2D eigenvalue weighted by atomic mass is 9.98. The number of aromatic nitrogens is 3. The summed E-state index contributed by atoms with van der Waals surface area (Å²) < 4.78 is 1.62. The molecule has 3 heterocycles. The third-order valence-corrected chi connectivity index (χ3v) is 8.78. The average molecular weight is 643 g/mol. The molecule has 0 bridgehead atoms. The number of nitrogens with one attached hydrogen (secondary N) is 2. The molecule has 11 nitrogen and oxygen atoms in total. The zero-order valence-corrected chi connectivity index (χ0v) is 26.0. The Labute approximate surface area is 262 Å². The standard InChI is InChI=1S/C29H29Cl2N7O4S/c1-16(2)33-28(41)36-12-10-20-19(15-36)7-5-9-22(20)38-17(3)25(34-35-38)26(39)32-11-13-37-27(40)23(43-29(37)42)14-18-6-4-8-21(30)24(18)31/h4-9,14,16H,10-13,15H2,1-3H3,(H,32,39)(H,33,41)/b23-14+. The molecule has 1 saturated heterocycles. The highest BCUT2D eigenvalue weighted by Crippen LogP contribution is 2.35. The van der Waals surface area contributed by atoms with E-state index in [1.54, 1.807) is 34.7 Å². The van der Waals surface area contributed by atoms with Gasteiger partial charge >= 0.3 is 6.03 Å². The summed E-state index contributed by atoms with van der Waals surface area (Å²) in [5.41, 5.74) is 4.05. The maximum Gasteiger partial charge on any atom is 0.317 e. The van der Waals surface area contributed by atoms with Crippen molar-refractivity contribution >= 4 is 64.1 Å². The number of rotatable bonds is 7. The van der Waals surface area contributed by atoms with Gasteiger partial charge in [-0.1, -0.05) is 52.7 Å². The highest BCUT2D eigenvalue weighted by molar-refractivity contribution is 8.18. The number of nitrogens with zero attached hydrogens (tertiary/aromatic N) is 5. The Hall–Kier alpha value is -3.87. The molecule has 2 aliphatic heterocycles. The summed E-state index contributed by atoms with van der Waals surface area (Å²) in [7, 11) is 0. The van der Waals surface area contributed by atoms with E-state index in [0.29, 0.717) is 40.8 Å². The van der Waals surface area contributed by atoms with Gasteiger partial charge in [-0.2, -0.15) is 0 Å². The van der Waals surface area contributed by atoms with Crippen molar-refractivity contribution in [2.45, 2.75) is 39.8 Å². The van der Waals surface area contributed by atoms with Crippen LogP contribution in [0.5, 0.6) is 0 Å². The van der Waals surface area contributed by atoms with E-state index in [2.05, 4.69) is 20.9 Å². The van der Waals surface area contributed by atoms with Crippen molar-refractivity contribution in [3.8, 4) is 5.69 Å². The van der Waals surface area contributed by atoms with Gasteiger partial charge in [0.05, 0.1) is 26.3 Å². The van der Waals surface area contributed by atoms with E-state index in [0.717, 1.165) is 33.5 Å². The fraction of sp³-hybridized carbons (Fsp3) is 0.310. The quantitative estimate of drug-likeness (QED) is 0.354. The number of fused-ring (bicyclic) bond motifs is 1. The number of halogens is 2. The molecule has 0 saturated carbocycles. The van der Waals surface area contributed by atoms with Gasteiger partial charge in [0, 0.05) is 32.2 Å². The predicted molar refractivity (Wildman–Crippen MR) is 165 cm³/mol. The molecule has 0 aliphatic carbocycles. The number of benzene rings is 2. The molecule has 3 aromatic rings. The van der Waals surface area contributed by atoms with E-state index in [4.69, 9.17) is 23.2 Å². The third-order valence-electron chi connectivity index (χ3n) is 7.04. The van der Waals surface area contributed by atoms with Crippen molar-refractivity contribution in [3.63, 3.8) is 0 Å². The summed E-state index contributed by atoms with van der Waals surface area (Å²) in [6, 6.07) is 10.8. The number of hydrogen-bond acceptors (Lipinski definition) is 7. The number of thioether (sulfide) groups is 1. The van der Waals surface area contributed by atoms with Crippen LogP contribution in [-0.2, 0) is 17.8 Å². The Kier molecular flexibility index (Phi) is 9.09. The predicted octanol–water partition coefficient (Wildman–Crippen LogP) is 4.82. The first-order valence-corrected chi connectivity index (χ1v) is 15.2. The molecule has 1 aromatic heterocycles. The van der Waals surface area contributed by atoms with Gasteiger partial charge in [-0.3, -0.25) is 19.3 Å². The van der Waals surface area contributed by atoms with Crippen molar-refractivity contribution in [2.24, 2.45) is 0 Å². The minimum absolute atomic E-state index is 0.0166. The van der Waals surface area contributed by atoms with Crippen LogP contribution in [-0.4, -0.2) is 73.6 Å². The van der Waals surface area contributed by atoms with Crippen molar-refractivity contribution in [2.75, 3.05) is 19.6 Å². The van der Waals surface area contributed by atoms with Gasteiger partial charge in [-0.25, -0.2) is 9.48 Å². The molecule has 5 amide bonds. The molecule has 1 fully saturated rings. The number of imide groups is 1. The molecule has 2 N–H and O–H groups in total. The largest absolute Gasteiger partial charge is 0.349 e. The van der Waals surface area contributed by atoms with Crippen LogP contribution in [0.15, 0.2) is 41.3 Å². The van der Waals surface area contributed by atoms with Gasteiger partial charge in [0.15, 0.2) is 5.69 Å². The molecule has 0 atom stereocenters. The van der Waals surface area contributed by atoms with Crippen LogP contribution in [0.2, 0.25) is 10.0 Å². The molecule has 2 aromatic carbocycles. The van der Waals surface area contributed by atoms with Crippen molar-refractivity contribution in [1.29, 1.82) is 0 Å². The van der Waals surface area contributed by atoms with Crippen LogP contribution in [0.3, 0.4) is 0 Å². The molecule has 0 spiro atoms. The zero-order valence-electron chi connectivity index (χ0n) is 23.7. The number of amides is 5. The van der Waals surface area contributed by atoms with Crippen LogP contribution >= 0.6 is 35.0 Å². The highest BCUT2D eigenvalue weighted by atomic mass is 35.5. The van der Waals surface area contributed by atoms with Crippen LogP contribution in [0.25, 0.3) is 11.8 Å². The average Bonchev–Trinajstić information content (AvgIpc) is 3.48. The normalized spacial score (nSPS) is 15.8. The van der Waals surface area contributed by atoms with Crippen molar-refractivity contribution in [3.05, 3.63) is 79.4 Å². The number of urea groups is 1. The second-order valence-electron chi connectivity index (χ2n) is 10.4. The first kappa shape index (κ1) is 30.6. The lowest BCUT2D eigenvalue weighted by Crippen LogP contribution is -2.45. The minimum atomic E-state index is -0.475. The molecular weight excluding hydrogens is 613 g/mol.